The molecule has 5 nitrogen and oxygen atoms in total. The Balaban J connectivity index is 1.34. The van der Waals surface area contributed by atoms with E-state index in [2.05, 4.69) is 62.5 Å². The average molecular weight is 376 g/mol. The molecular formula is C23H29N5. The highest BCUT2D eigenvalue weighted by Gasteiger charge is 2.24. The lowest BCUT2D eigenvalue weighted by Crippen LogP contribution is -2.32. The van der Waals surface area contributed by atoms with E-state index in [1.165, 1.54) is 35.2 Å². The second kappa shape index (κ2) is 8.57. The first kappa shape index (κ1) is 18.7. The van der Waals surface area contributed by atoms with Gasteiger partial charge in [-0.05, 0) is 48.7 Å². The predicted molar refractivity (Wildman–Crippen MR) is 114 cm³/mol. The van der Waals surface area contributed by atoms with Gasteiger partial charge in [0.25, 0.3) is 0 Å². The Labute approximate surface area is 167 Å². The summed E-state index contributed by atoms with van der Waals surface area (Å²) in [5.41, 5.74) is 5.31. The lowest BCUT2D eigenvalue weighted by molar-refractivity contribution is 0.203. The molecule has 0 saturated carbocycles. The second-order valence-electron chi connectivity index (χ2n) is 7.94. The van der Waals surface area contributed by atoms with E-state index in [1.54, 1.807) is 0 Å². The molecule has 1 aliphatic rings. The summed E-state index contributed by atoms with van der Waals surface area (Å²) in [5.74, 6) is 1.58. The van der Waals surface area contributed by atoms with Crippen LogP contribution in [0.15, 0.2) is 54.9 Å². The monoisotopic (exact) mass is 375 g/mol. The number of nitrogens with one attached hydrogen (secondary N) is 1. The van der Waals surface area contributed by atoms with Crippen LogP contribution in [0.4, 0.5) is 5.82 Å². The number of nitrogens with zero attached hydrogens (tertiary/aromatic N) is 4. The van der Waals surface area contributed by atoms with Crippen molar-refractivity contribution in [2.45, 2.75) is 31.7 Å². The van der Waals surface area contributed by atoms with Crippen molar-refractivity contribution in [1.82, 2.24) is 20.1 Å². The van der Waals surface area contributed by atoms with Gasteiger partial charge in [-0.15, -0.1) is 0 Å². The van der Waals surface area contributed by atoms with E-state index in [4.69, 9.17) is 0 Å². The quantitative estimate of drug-likeness (QED) is 0.711. The minimum atomic E-state index is 0.576. The molecule has 1 saturated heterocycles. The van der Waals surface area contributed by atoms with Gasteiger partial charge in [-0.1, -0.05) is 36.4 Å². The Kier molecular flexibility index (Phi) is 5.72. The van der Waals surface area contributed by atoms with Crippen molar-refractivity contribution in [3.05, 3.63) is 77.2 Å². The number of benzene rings is 1. The van der Waals surface area contributed by atoms with Crippen LogP contribution in [0.25, 0.3) is 0 Å². The van der Waals surface area contributed by atoms with Gasteiger partial charge in [0, 0.05) is 44.9 Å². The van der Waals surface area contributed by atoms with Gasteiger partial charge in [0.2, 0.25) is 0 Å². The van der Waals surface area contributed by atoms with E-state index < -0.39 is 0 Å². The highest BCUT2D eigenvalue weighted by molar-refractivity contribution is 5.37. The number of anilines is 1. The molecule has 0 atom stereocenters. The maximum Gasteiger partial charge on any atom is 0.127 e. The molecule has 28 heavy (non-hydrogen) atoms. The Hall–Kier alpha value is -2.66. The number of likely N-dealkylation sites (tertiary alicyclic amines) is 1. The molecule has 1 aromatic carbocycles. The van der Waals surface area contributed by atoms with Crippen LogP contribution in [0.2, 0.25) is 0 Å². The van der Waals surface area contributed by atoms with Gasteiger partial charge >= 0.3 is 0 Å². The average Bonchev–Trinajstić information content (AvgIpc) is 3.18. The van der Waals surface area contributed by atoms with Crippen molar-refractivity contribution in [3.8, 4) is 0 Å². The normalized spacial score (nSPS) is 15.6. The van der Waals surface area contributed by atoms with Crippen LogP contribution in [0.5, 0.6) is 0 Å². The molecule has 146 valence electrons. The van der Waals surface area contributed by atoms with Gasteiger partial charge in [-0.3, -0.25) is 10.00 Å². The molecule has 0 spiro atoms. The third-order valence-electron chi connectivity index (χ3n) is 5.66. The molecule has 3 heterocycles. The number of hydrogen-bond acceptors (Lipinski definition) is 4. The fourth-order valence-corrected chi connectivity index (χ4v) is 4.04. The van der Waals surface area contributed by atoms with Gasteiger partial charge in [-0.25, -0.2) is 4.98 Å². The van der Waals surface area contributed by atoms with Crippen LogP contribution in [-0.4, -0.2) is 47.3 Å². The van der Waals surface area contributed by atoms with Gasteiger partial charge in [-0.2, -0.15) is 5.10 Å². The Morgan fingerprint density at radius 3 is 2.46 bits per heavy atom. The summed E-state index contributed by atoms with van der Waals surface area (Å²) in [6, 6.07) is 15.0. The molecule has 1 fully saturated rings. The number of H-pyrrole nitrogens is 1. The summed E-state index contributed by atoms with van der Waals surface area (Å²) in [5, 5.41) is 7.65. The Morgan fingerprint density at radius 1 is 1.00 bits per heavy atom. The number of piperidine rings is 1. The van der Waals surface area contributed by atoms with Crippen molar-refractivity contribution in [2.75, 3.05) is 32.1 Å². The third-order valence-corrected chi connectivity index (χ3v) is 5.66. The summed E-state index contributed by atoms with van der Waals surface area (Å²) < 4.78 is 0. The molecule has 0 bridgehead atoms. The van der Waals surface area contributed by atoms with Gasteiger partial charge in [0.05, 0.1) is 6.20 Å². The Morgan fingerprint density at radius 2 is 1.79 bits per heavy atom. The summed E-state index contributed by atoms with van der Waals surface area (Å²) in [6.45, 7) is 3.21. The van der Waals surface area contributed by atoms with Crippen LogP contribution in [-0.2, 0) is 13.0 Å². The fourth-order valence-electron chi connectivity index (χ4n) is 4.04. The number of pyridine rings is 1. The molecule has 0 aliphatic carbocycles. The predicted octanol–water partition coefficient (Wildman–Crippen LogP) is 3.84. The van der Waals surface area contributed by atoms with Crippen LogP contribution >= 0.6 is 0 Å². The first-order chi connectivity index (χ1) is 13.7. The highest BCUT2D eigenvalue weighted by Crippen LogP contribution is 2.30. The molecule has 0 radical (unpaired) electrons. The van der Waals surface area contributed by atoms with Gasteiger partial charge < -0.3 is 4.90 Å². The third kappa shape index (κ3) is 4.42. The number of aromatic nitrogens is 3. The second-order valence-corrected chi connectivity index (χ2v) is 7.94. The first-order valence-electron chi connectivity index (χ1n) is 10.1. The smallest absolute Gasteiger partial charge is 0.127 e. The van der Waals surface area contributed by atoms with Crippen molar-refractivity contribution in [3.63, 3.8) is 0 Å². The van der Waals surface area contributed by atoms with E-state index in [9.17, 15) is 0 Å². The summed E-state index contributed by atoms with van der Waals surface area (Å²) in [6.07, 6.45) is 7.32. The standard InChI is InChI=1S/C23H29N5/c1-27(2)22-9-8-19(15-24-22)17-28-12-10-20(11-13-28)23-21(16-25-26-23)14-18-6-4-3-5-7-18/h3-9,15-16,20H,10-14,17H2,1-2H3,(H,25,26). The van der Waals surface area contributed by atoms with Crippen LogP contribution < -0.4 is 4.90 Å². The van der Waals surface area contributed by atoms with E-state index in [-0.39, 0.29) is 0 Å². The Bertz CT molecular complexity index is 862. The van der Waals surface area contributed by atoms with Crippen molar-refractivity contribution >= 4 is 5.82 Å². The minimum Gasteiger partial charge on any atom is -0.363 e. The lowest BCUT2D eigenvalue weighted by Gasteiger charge is -2.32. The van der Waals surface area contributed by atoms with Crippen LogP contribution in [0, 0.1) is 0 Å². The van der Waals surface area contributed by atoms with Crippen LogP contribution in [0.3, 0.4) is 0 Å². The SMILES string of the molecule is CN(C)c1ccc(CN2CCC(c3[nH]ncc3Cc3ccccc3)CC2)cn1. The molecule has 1 aliphatic heterocycles. The topological polar surface area (TPSA) is 48.0 Å². The van der Waals surface area contributed by atoms with E-state index >= 15 is 0 Å². The van der Waals surface area contributed by atoms with E-state index in [1.807, 2.05) is 31.4 Å². The molecular weight excluding hydrogens is 346 g/mol. The van der Waals surface area contributed by atoms with Gasteiger partial charge in [0.1, 0.15) is 5.82 Å². The van der Waals surface area contributed by atoms with Gasteiger partial charge in [0.15, 0.2) is 0 Å². The molecule has 3 aromatic rings. The number of aromatic amines is 1. The van der Waals surface area contributed by atoms with E-state index in [0.29, 0.717) is 5.92 Å². The largest absolute Gasteiger partial charge is 0.363 e. The maximum atomic E-state index is 4.54. The van der Waals surface area contributed by atoms with Crippen molar-refractivity contribution in [1.29, 1.82) is 0 Å². The van der Waals surface area contributed by atoms with E-state index in [0.717, 1.165) is 31.9 Å². The summed E-state index contributed by atoms with van der Waals surface area (Å²) >= 11 is 0. The maximum absolute atomic E-state index is 4.54. The van der Waals surface area contributed by atoms with Crippen molar-refractivity contribution in [2.24, 2.45) is 0 Å². The molecule has 0 amide bonds. The zero-order chi connectivity index (χ0) is 19.3. The van der Waals surface area contributed by atoms with Crippen LogP contribution in [0.1, 0.15) is 41.1 Å². The zero-order valence-electron chi connectivity index (χ0n) is 16.8. The van der Waals surface area contributed by atoms with Crippen molar-refractivity contribution < 1.29 is 0 Å². The minimum absolute atomic E-state index is 0.576. The molecule has 0 unspecified atom stereocenters. The number of rotatable bonds is 6. The first-order valence-corrected chi connectivity index (χ1v) is 10.1. The highest BCUT2D eigenvalue weighted by atomic mass is 15.1. The zero-order valence-corrected chi connectivity index (χ0v) is 16.8. The molecule has 4 rings (SSSR count). The molecule has 1 N–H and O–H groups in total. The summed E-state index contributed by atoms with van der Waals surface area (Å²) in [7, 11) is 4.04. The molecule has 5 heteroatoms. The summed E-state index contributed by atoms with van der Waals surface area (Å²) in [4.78, 5) is 9.11. The molecule has 2 aromatic heterocycles. The lowest BCUT2D eigenvalue weighted by atomic mass is 9.89. The number of hydrogen-bond donors (Lipinski definition) is 1. The fraction of sp³-hybridized carbons (Fsp3) is 0.391.